The number of carboxylic acid groups (broad SMARTS) is 1. The Hall–Kier alpha value is -1.26. The smallest absolute Gasteiger partial charge is 0.314 e. The van der Waals surface area contributed by atoms with Crippen molar-refractivity contribution < 1.29 is 14.7 Å². The van der Waals surface area contributed by atoms with E-state index in [0.717, 1.165) is 6.42 Å². The first-order chi connectivity index (χ1) is 7.07. The molecule has 88 valence electrons. The number of rotatable bonds is 7. The van der Waals surface area contributed by atoms with Crippen molar-refractivity contribution in [2.24, 2.45) is 5.92 Å². The fraction of sp³-hybridized carbons (Fsp3) is 0.800. The van der Waals surface area contributed by atoms with Crippen molar-refractivity contribution >= 4 is 12.0 Å². The minimum Gasteiger partial charge on any atom is -0.481 e. The van der Waals surface area contributed by atoms with Crippen LogP contribution >= 0.6 is 0 Å². The fourth-order valence-corrected chi connectivity index (χ4v) is 1.03. The molecule has 0 saturated heterocycles. The molecule has 0 aromatic carbocycles. The molecule has 1 unspecified atom stereocenters. The van der Waals surface area contributed by atoms with Crippen molar-refractivity contribution in [1.29, 1.82) is 0 Å². The standard InChI is InChI=1S/C10H20N2O3/c1-3-6-11-10(15)12-7-4-5-8(2)9(13)14/h8H,3-7H2,1-2H3,(H,13,14)(H2,11,12,15). The SMILES string of the molecule is CCCNC(=O)NCCCC(C)C(=O)O. The fourth-order valence-electron chi connectivity index (χ4n) is 1.03. The normalized spacial score (nSPS) is 11.9. The molecule has 0 aromatic heterocycles. The highest BCUT2D eigenvalue weighted by Gasteiger charge is 2.09. The van der Waals surface area contributed by atoms with E-state index in [-0.39, 0.29) is 11.9 Å². The van der Waals surface area contributed by atoms with Gasteiger partial charge in [0.1, 0.15) is 0 Å². The number of urea groups is 1. The van der Waals surface area contributed by atoms with Crippen molar-refractivity contribution in [3.63, 3.8) is 0 Å². The van der Waals surface area contributed by atoms with Gasteiger partial charge in [0.25, 0.3) is 0 Å². The Morgan fingerprint density at radius 3 is 2.40 bits per heavy atom. The van der Waals surface area contributed by atoms with Gasteiger partial charge in [-0.1, -0.05) is 13.8 Å². The maximum atomic E-state index is 11.0. The lowest BCUT2D eigenvalue weighted by Crippen LogP contribution is -2.36. The van der Waals surface area contributed by atoms with E-state index in [1.807, 2.05) is 6.92 Å². The van der Waals surface area contributed by atoms with Crippen LogP contribution in [0.4, 0.5) is 4.79 Å². The molecule has 3 N–H and O–H groups in total. The van der Waals surface area contributed by atoms with E-state index in [0.29, 0.717) is 25.9 Å². The summed E-state index contributed by atoms with van der Waals surface area (Å²) in [6.07, 6.45) is 2.18. The summed E-state index contributed by atoms with van der Waals surface area (Å²) in [6, 6.07) is -0.181. The van der Waals surface area contributed by atoms with E-state index in [2.05, 4.69) is 10.6 Å². The van der Waals surface area contributed by atoms with Gasteiger partial charge >= 0.3 is 12.0 Å². The average Bonchev–Trinajstić information content (AvgIpc) is 2.20. The van der Waals surface area contributed by atoms with E-state index >= 15 is 0 Å². The molecule has 0 spiro atoms. The molecule has 5 heteroatoms. The van der Waals surface area contributed by atoms with Crippen molar-refractivity contribution in [1.82, 2.24) is 10.6 Å². The number of carbonyl (C=O) groups excluding carboxylic acids is 1. The highest BCUT2D eigenvalue weighted by Crippen LogP contribution is 2.03. The third kappa shape index (κ3) is 7.78. The second-order valence-electron chi connectivity index (χ2n) is 3.56. The first-order valence-electron chi connectivity index (χ1n) is 5.32. The molecule has 0 aliphatic carbocycles. The largest absolute Gasteiger partial charge is 0.481 e. The Bertz CT molecular complexity index is 207. The molecule has 0 rings (SSSR count). The van der Waals surface area contributed by atoms with Crippen LogP contribution in [0.5, 0.6) is 0 Å². The van der Waals surface area contributed by atoms with E-state index in [4.69, 9.17) is 5.11 Å². The van der Waals surface area contributed by atoms with Crippen LogP contribution in [0.3, 0.4) is 0 Å². The number of nitrogens with one attached hydrogen (secondary N) is 2. The molecule has 0 fully saturated rings. The number of hydrogen-bond donors (Lipinski definition) is 3. The summed E-state index contributed by atoms with van der Waals surface area (Å²) < 4.78 is 0. The molecular weight excluding hydrogens is 196 g/mol. The second-order valence-corrected chi connectivity index (χ2v) is 3.56. The maximum absolute atomic E-state index is 11.0. The van der Waals surface area contributed by atoms with Crippen LogP contribution in [-0.2, 0) is 4.79 Å². The van der Waals surface area contributed by atoms with Crippen LogP contribution in [0.1, 0.15) is 33.1 Å². The Morgan fingerprint density at radius 1 is 1.27 bits per heavy atom. The quantitative estimate of drug-likeness (QED) is 0.559. The highest BCUT2D eigenvalue weighted by atomic mass is 16.4. The third-order valence-corrected chi connectivity index (χ3v) is 2.06. The molecule has 0 radical (unpaired) electrons. The van der Waals surface area contributed by atoms with Gasteiger partial charge < -0.3 is 15.7 Å². The van der Waals surface area contributed by atoms with Crippen molar-refractivity contribution in [3.8, 4) is 0 Å². The lowest BCUT2D eigenvalue weighted by molar-refractivity contribution is -0.141. The van der Waals surface area contributed by atoms with Crippen LogP contribution in [0, 0.1) is 5.92 Å². The average molecular weight is 216 g/mol. The summed E-state index contributed by atoms with van der Waals surface area (Å²) in [7, 11) is 0. The minimum atomic E-state index is -0.787. The summed E-state index contributed by atoms with van der Waals surface area (Å²) in [5, 5.41) is 14.0. The summed E-state index contributed by atoms with van der Waals surface area (Å²) >= 11 is 0. The lowest BCUT2D eigenvalue weighted by Gasteiger charge is -2.08. The van der Waals surface area contributed by atoms with E-state index in [1.54, 1.807) is 6.92 Å². The number of amides is 2. The van der Waals surface area contributed by atoms with E-state index in [1.165, 1.54) is 0 Å². The van der Waals surface area contributed by atoms with Crippen molar-refractivity contribution in [2.75, 3.05) is 13.1 Å². The molecule has 1 atom stereocenters. The number of carbonyl (C=O) groups is 2. The zero-order valence-electron chi connectivity index (χ0n) is 9.38. The van der Waals surface area contributed by atoms with Gasteiger partial charge in [0.15, 0.2) is 0 Å². The Morgan fingerprint density at radius 2 is 1.87 bits per heavy atom. The third-order valence-electron chi connectivity index (χ3n) is 2.06. The minimum absolute atomic E-state index is 0.181. The van der Waals surface area contributed by atoms with Crippen LogP contribution in [0.2, 0.25) is 0 Å². The van der Waals surface area contributed by atoms with Gasteiger partial charge in [0.05, 0.1) is 5.92 Å². The molecule has 0 aromatic rings. The molecular formula is C10H20N2O3. The summed E-state index contributed by atoms with van der Waals surface area (Å²) in [5.74, 6) is -1.13. The number of hydrogen-bond acceptors (Lipinski definition) is 2. The highest BCUT2D eigenvalue weighted by molar-refractivity contribution is 5.73. The summed E-state index contributed by atoms with van der Waals surface area (Å²) in [4.78, 5) is 21.5. The molecule has 5 nitrogen and oxygen atoms in total. The predicted octanol–water partition coefficient (Wildman–Crippen LogP) is 1.20. The van der Waals surface area contributed by atoms with Gasteiger partial charge in [-0.15, -0.1) is 0 Å². The predicted molar refractivity (Wildman–Crippen MR) is 57.7 cm³/mol. The topological polar surface area (TPSA) is 78.4 Å². The van der Waals surface area contributed by atoms with Gasteiger partial charge in [0, 0.05) is 13.1 Å². The van der Waals surface area contributed by atoms with Gasteiger partial charge in [-0.2, -0.15) is 0 Å². The summed E-state index contributed by atoms with van der Waals surface area (Å²) in [6.45, 7) is 4.83. The first-order valence-corrected chi connectivity index (χ1v) is 5.32. The monoisotopic (exact) mass is 216 g/mol. The maximum Gasteiger partial charge on any atom is 0.314 e. The van der Waals surface area contributed by atoms with Crippen LogP contribution < -0.4 is 10.6 Å². The van der Waals surface area contributed by atoms with Crippen molar-refractivity contribution in [3.05, 3.63) is 0 Å². The van der Waals surface area contributed by atoms with Gasteiger partial charge in [-0.05, 0) is 19.3 Å². The Kier molecular flexibility index (Phi) is 7.40. The molecule has 2 amide bonds. The Balaban J connectivity index is 3.38. The van der Waals surface area contributed by atoms with Gasteiger partial charge in [-0.3, -0.25) is 4.79 Å². The first kappa shape index (κ1) is 13.7. The molecule has 0 saturated carbocycles. The van der Waals surface area contributed by atoms with Crippen LogP contribution in [-0.4, -0.2) is 30.2 Å². The van der Waals surface area contributed by atoms with E-state index < -0.39 is 5.97 Å². The van der Waals surface area contributed by atoms with Gasteiger partial charge in [-0.25, -0.2) is 4.79 Å². The molecule has 0 aliphatic rings. The number of carboxylic acids is 1. The van der Waals surface area contributed by atoms with Crippen LogP contribution in [0.25, 0.3) is 0 Å². The zero-order chi connectivity index (χ0) is 11.7. The van der Waals surface area contributed by atoms with E-state index in [9.17, 15) is 9.59 Å². The zero-order valence-corrected chi connectivity index (χ0v) is 9.38. The lowest BCUT2D eigenvalue weighted by atomic mass is 10.1. The van der Waals surface area contributed by atoms with Crippen molar-refractivity contribution in [2.45, 2.75) is 33.1 Å². The molecule has 15 heavy (non-hydrogen) atoms. The van der Waals surface area contributed by atoms with Gasteiger partial charge in [0.2, 0.25) is 0 Å². The number of aliphatic carboxylic acids is 1. The molecule has 0 bridgehead atoms. The molecule has 0 aliphatic heterocycles. The van der Waals surface area contributed by atoms with Crippen LogP contribution in [0.15, 0.2) is 0 Å². The summed E-state index contributed by atoms with van der Waals surface area (Å²) in [5.41, 5.74) is 0. The Labute approximate surface area is 90.2 Å². The second kappa shape index (κ2) is 8.08. The molecule has 0 heterocycles.